The van der Waals surface area contributed by atoms with Crippen LogP contribution in [0.4, 0.5) is 0 Å². The molecule has 1 fully saturated rings. The first-order chi connectivity index (χ1) is 8.40. The summed E-state index contributed by atoms with van der Waals surface area (Å²) < 4.78 is 33.9. The zero-order valence-corrected chi connectivity index (χ0v) is 11.2. The van der Waals surface area contributed by atoms with Gasteiger partial charge in [-0.2, -0.15) is 0 Å². The van der Waals surface area contributed by atoms with Crippen molar-refractivity contribution >= 4 is 22.0 Å². The number of methoxy groups -OCH3 is 2. The zero-order chi connectivity index (χ0) is 13.8. The molecule has 0 aromatic carbocycles. The van der Waals surface area contributed by atoms with Crippen LogP contribution in [0.3, 0.4) is 0 Å². The Bertz CT molecular complexity index is 418. The molecule has 8 heteroatoms. The molecule has 1 saturated heterocycles. The summed E-state index contributed by atoms with van der Waals surface area (Å²) in [6, 6.07) is 0. The largest absolute Gasteiger partial charge is 0.469 e. The number of carbonyl (C=O) groups is 2. The molecular weight excluding hydrogens is 262 g/mol. The van der Waals surface area contributed by atoms with Crippen LogP contribution in [-0.4, -0.2) is 57.7 Å². The van der Waals surface area contributed by atoms with E-state index in [9.17, 15) is 18.0 Å². The van der Waals surface area contributed by atoms with Crippen LogP contribution in [0.15, 0.2) is 0 Å². The van der Waals surface area contributed by atoms with Gasteiger partial charge in [-0.25, -0.2) is 12.7 Å². The highest BCUT2D eigenvalue weighted by atomic mass is 32.2. The highest BCUT2D eigenvalue weighted by Gasteiger charge is 2.34. The molecule has 0 unspecified atom stereocenters. The van der Waals surface area contributed by atoms with E-state index < -0.39 is 33.6 Å². The average Bonchev–Trinajstić information content (AvgIpc) is 2.37. The van der Waals surface area contributed by atoms with Crippen molar-refractivity contribution in [3.8, 4) is 0 Å². The van der Waals surface area contributed by atoms with Crippen LogP contribution in [0.25, 0.3) is 0 Å². The quantitative estimate of drug-likeness (QED) is 0.637. The van der Waals surface area contributed by atoms with Gasteiger partial charge in [0.1, 0.15) is 0 Å². The summed E-state index contributed by atoms with van der Waals surface area (Å²) in [5.74, 6) is -2.39. The summed E-state index contributed by atoms with van der Waals surface area (Å²) in [6.45, 7) is 0.374. The summed E-state index contributed by atoms with van der Waals surface area (Å²) >= 11 is 0. The van der Waals surface area contributed by atoms with Crippen molar-refractivity contribution in [3.63, 3.8) is 0 Å². The first kappa shape index (κ1) is 14.9. The molecule has 1 rings (SSSR count). The van der Waals surface area contributed by atoms with E-state index in [1.807, 2.05) is 0 Å². The van der Waals surface area contributed by atoms with Gasteiger partial charge >= 0.3 is 11.9 Å². The minimum absolute atomic E-state index is 0.0615. The molecule has 18 heavy (non-hydrogen) atoms. The van der Waals surface area contributed by atoms with E-state index in [0.717, 1.165) is 11.4 Å². The molecule has 0 bridgehead atoms. The summed E-state index contributed by atoms with van der Waals surface area (Å²) in [7, 11) is -1.32. The fourth-order valence-electron chi connectivity index (χ4n) is 1.85. The number of nitrogens with zero attached hydrogens (tertiary/aromatic N) is 1. The van der Waals surface area contributed by atoms with Gasteiger partial charge in [0.25, 0.3) is 0 Å². The van der Waals surface area contributed by atoms with Gasteiger partial charge in [0.15, 0.2) is 5.75 Å². The number of esters is 2. The lowest BCUT2D eigenvalue weighted by molar-refractivity contribution is -0.146. The number of rotatable bonds is 4. The second-order valence-electron chi connectivity index (χ2n) is 4.05. The molecule has 0 N–H and O–H groups in total. The van der Waals surface area contributed by atoms with E-state index in [2.05, 4.69) is 9.47 Å². The van der Waals surface area contributed by atoms with Crippen molar-refractivity contribution in [2.45, 2.75) is 12.8 Å². The van der Waals surface area contributed by atoms with Crippen LogP contribution in [0.1, 0.15) is 12.8 Å². The highest BCUT2D eigenvalue weighted by Crippen LogP contribution is 2.20. The van der Waals surface area contributed by atoms with Gasteiger partial charge in [0.05, 0.1) is 20.1 Å². The lowest BCUT2D eigenvalue weighted by Crippen LogP contribution is -2.44. The number of hydrogen-bond donors (Lipinski definition) is 0. The zero-order valence-electron chi connectivity index (χ0n) is 10.4. The minimum Gasteiger partial charge on any atom is -0.469 e. The molecule has 0 aliphatic carbocycles. The lowest BCUT2D eigenvalue weighted by Gasteiger charge is -2.30. The highest BCUT2D eigenvalue weighted by molar-refractivity contribution is 7.89. The number of ether oxygens (including phenoxy) is 2. The Kier molecular flexibility index (Phi) is 5.09. The van der Waals surface area contributed by atoms with Crippen molar-refractivity contribution in [2.24, 2.45) is 5.92 Å². The fourth-order valence-corrected chi connectivity index (χ4v) is 3.27. The van der Waals surface area contributed by atoms with Gasteiger partial charge in [-0.3, -0.25) is 9.59 Å². The van der Waals surface area contributed by atoms with Gasteiger partial charge in [-0.15, -0.1) is 0 Å². The Labute approximate surface area is 106 Å². The Morgan fingerprint density at radius 3 is 2.50 bits per heavy atom. The molecule has 0 radical (unpaired) electrons. The molecule has 0 aromatic rings. The van der Waals surface area contributed by atoms with Crippen molar-refractivity contribution in [2.75, 3.05) is 33.1 Å². The maximum atomic E-state index is 11.9. The monoisotopic (exact) mass is 279 g/mol. The van der Waals surface area contributed by atoms with Crippen molar-refractivity contribution < 1.29 is 27.5 Å². The second-order valence-corrected chi connectivity index (χ2v) is 6.02. The summed E-state index contributed by atoms with van der Waals surface area (Å²) in [6.07, 6.45) is 1.16. The maximum absolute atomic E-state index is 11.9. The summed E-state index contributed by atoms with van der Waals surface area (Å²) in [4.78, 5) is 22.4. The van der Waals surface area contributed by atoms with Gasteiger partial charge < -0.3 is 9.47 Å². The topological polar surface area (TPSA) is 90.0 Å². The molecule has 104 valence electrons. The van der Waals surface area contributed by atoms with Gasteiger partial charge in [0.2, 0.25) is 10.0 Å². The van der Waals surface area contributed by atoms with E-state index in [0.29, 0.717) is 19.4 Å². The molecule has 0 amide bonds. The van der Waals surface area contributed by atoms with E-state index in [1.165, 1.54) is 7.11 Å². The van der Waals surface area contributed by atoms with Crippen LogP contribution >= 0.6 is 0 Å². The van der Waals surface area contributed by atoms with Crippen molar-refractivity contribution in [3.05, 3.63) is 0 Å². The fraction of sp³-hybridized carbons (Fsp3) is 0.800. The molecular formula is C10H17NO6S. The minimum atomic E-state index is -3.72. The molecule has 1 aliphatic heterocycles. The van der Waals surface area contributed by atoms with Gasteiger partial charge in [0, 0.05) is 13.1 Å². The number of sulfonamides is 1. The van der Waals surface area contributed by atoms with Crippen LogP contribution in [0.2, 0.25) is 0 Å². The third-order valence-electron chi connectivity index (χ3n) is 2.84. The number of piperidine rings is 1. The first-order valence-electron chi connectivity index (χ1n) is 5.53. The van der Waals surface area contributed by atoms with Gasteiger partial charge in [-0.05, 0) is 12.8 Å². The predicted molar refractivity (Wildman–Crippen MR) is 62.1 cm³/mol. The molecule has 1 atom stereocenters. The Morgan fingerprint density at radius 2 is 1.94 bits per heavy atom. The smallest absolute Gasteiger partial charge is 0.322 e. The van der Waals surface area contributed by atoms with Crippen LogP contribution in [-0.2, 0) is 29.1 Å². The molecule has 7 nitrogen and oxygen atoms in total. The average molecular weight is 279 g/mol. The SMILES string of the molecule is COC(=O)CS(=O)(=O)N1CCC[C@H](C(=O)OC)C1. The van der Waals surface area contributed by atoms with Crippen molar-refractivity contribution in [1.82, 2.24) is 4.31 Å². The van der Waals surface area contributed by atoms with Crippen LogP contribution in [0, 0.1) is 5.92 Å². The normalized spacial score (nSPS) is 21.3. The molecule has 0 saturated carbocycles. The van der Waals surface area contributed by atoms with Crippen LogP contribution in [0.5, 0.6) is 0 Å². The number of carbonyl (C=O) groups excluding carboxylic acids is 2. The van der Waals surface area contributed by atoms with Crippen molar-refractivity contribution in [1.29, 1.82) is 0 Å². The van der Waals surface area contributed by atoms with E-state index in [4.69, 9.17) is 0 Å². The summed E-state index contributed by atoms with van der Waals surface area (Å²) in [5, 5.41) is 0. The molecule has 1 aliphatic rings. The summed E-state index contributed by atoms with van der Waals surface area (Å²) in [5.41, 5.74) is 0. The molecule has 0 aromatic heterocycles. The third kappa shape index (κ3) is 3.67. The Morgan fingerprint density at radius 1 is 1.28 bits per heavy atom. The lowest BCUT2D eigenvalue weighted by atomic mass is 10.0. The standard InChI is InChI=1S/C10H17NO6S/c1-16-9(12)7-18(14,15)11-5-3-4-8(6-11)10(13)17-2/h8H,3-7H2,1-2H3/t8-/m0/s1. The van der Waals surface area contributed by atoms with Gasteiger partial charge in [-0.1, -0.05) is 0 Å². The number of hydrogen-bond acceptors (Lipinski definition) is 6. The van der Waals surface area contributed by atoms with E-state index >= 15 is 0 Å². The maximum Gasteiger partial charge on any atom is 0.322 e. The molecule has 0 spiro atoms. The molecule has 1 heterocycles. The Balaban J connectivity index is 2.71. The third-order valence-corrected chi connectivity index (χ3v) is 4.56. The van der Waals surface area contributed by atoms with Crippen LogP contribution < -0.4 is 0 Å². The second kappa shape index (κ2) is 6.14. The van der Waals surface area contributed by atoms with E-state index in [1.54, 1.807) is 0 Å². The first-order valence-corrected chi connectivity index (χ1v) is 7.14. The Hall–Kier alpha value is -1.15. The predicted octanol–water partition coefficient (Wildman–Crippen LogP) is -0.626. The van der Waals surface area contributed by atoms with E-state index in [-0.39, 0.29) is 6.54 Å².